The van der Waals surface area contributed by atoms with E-state index in [0.717, 1.165) is 18.9 Å². The summed E-state index contributed by atoms with van der Waals surface area (Å²) in [5, 5.41) is 18.2. The van der Waals surface area contributed by atoms with Gasteiger partial charge in [-0.1, -0.05) is 12.1 Å². The summed E-state index contributed by atoms with van der Waals surface area (Å²) in [5.74, 6) is -0.730. The van der Waals surface area contributed by atoms with Gasteiger partial charge in [0.15, 0.2) is 5.65 Å². The maximum Gasteiger partial charge on any atom is 0.326 e. The van der Waals surface area contributed by atoms with Gasteiger partial charge in [-0.2, -0.15) is 19.6 Å². The SMILES string of the molecule is O=c1[nH]c(O)c(C=c2cnn3c(=NC4CC4)nc(NC4CCC(NS(=O)(=O)c5ccccc5F)CC4)nc23)[nH]1. The number of fused-ring (bicyclic) bond motifs is 1. The summed E-state index contributed by atoms with van der Waals surface area (Å²) in [4.78, 5) is 29.8. The van der Waals surface area contributed by atoms with E-state index in [9.17, 15) is 22.7 Å². The number of aromatic amines is 2. The van der Waals surface area contributed by atoms with Crippen molar-refractivity contribution in [1.82, 2.24) is 34.3 Å². The van der Waals surface area contributed by atoms with Crippen LogP contribution < -0.4 is 26.6 Å². The molecule has 4 aromatic rings. The van der Waals surface area contributed by atoms with Crippen LogP contribution in [-0.2, 0) is 10.0 Å². The van der Waals surface area contributed by atoms with Crippen molar-refractivity contribution in [2.45, 2.75) is 61.5 Å². The monoisotopic (exact) mass is 555 g/mol. The second kappa shape index (κ2) is 9.89. The predicted octanol–water partition coefficient (Wildman–Crippen LogP) is 0.298. The Balaban J connectivity index is 1.22. The molecule has 6 rings (SSSR count). The van der Waals surface area contributed by atoms with Crippen molar-refractivity contribution < 1.29 is 17.9 Å². The fraction of sp³-hybridized carbons (Fsp3) is 0.375. The molecule has 3 heterocycles. The summed E-state index contributed by atoms with van der Waals surface area (Å²) in [6.07, 6.45) is 7.45. The van der Waals surface area contributed by atoms with E-state index < -0.39 is 21.5 Å². The number of hydrogen-bond donors (Lipinski definition) is 5. The van der Waals surface area contributed by atoms with Crippen LogP contribution in [0.1, 0.15) is 44.2 Å². The summed E-state index contributed by atoms with van der Waals surface area (Å²) < 4.78 is 43.5. The summed E-state index contributed by atoms with van der Waals surface area (Å²) >= 11 is 0. The van der Waals surface area contributed by atoms with Gasteiger partial charge < -0.3 is 15.4 Å². The zero-order valence-corrected chi connectivity index (χ0v) is 21.4. The van der Waals surface area contributed by atoms with Gasteiger partial charge in [0.2, 0.25) is 21.9 Å². The molecule has 0 unspecified atom stereocenters. The highest BCUT2D eigenvalue weighted by Crippen LogP contribution is 2.24. The average Bonchev–Trinajstić information content (AvgIpc) is 3.53. The minimum absolute atomic E-state index is 0.0177. The lowest BCUT2D eigenvalue weighted by atomic mass is 9.92. The van der Waals surface area contributed by atoms with Crippen LogP contribution in [0.15, 0.2) is 45.1 Å². The molecule has 0 spiro atoms. The first-order valence-electron chi connectivity index (χ1n) is 12.6. The van der Waals surface area contributed by atoms with Crippen LogP contribution in [0.3, 0.4) is 0 Å². The van der Waals surface area contributed by atoms with Crippen LogP contribution in [0.4, 0.5) is 10.3 Å². The minimum atomic E-state index is -3.97. The van der Waals surface area contributed by atoms with Crippen LogP contribution in [0, 0.1) is 5.82 Å². The zero-order valence-electron chi connectivity index (χ0n) is 20.6. The Labute approximate surface area is 221 Å². The first-order valence-corrected chi connectivity index (χ1v) is 14.1. The van der Waals surface area contributed by atoms with E-state index in [1.165, 1.54) is 22.7 Å². The Bertz CT molecular complexity index is 1820. The van der Waals surface area contributed by atoms with Gasteiger partial charge in [0.25, 0.3) is 5.62 Å². The quantitative estimate of drug-likeness (QED) is 0.216. The van der Waals surface area contributed by atoms with Gasteiger partial charge in [0, 0.05) is 17.3 Å². The van der Waals surface area contributed by atoms with Crippen molar-refractivity contribution in [3.8, 4) is 5.88 Å². The Hall–Kier alpha value is -4.11. The van der Waals surface area contributed by atoms with E-state index in [-0.39, 0.29) is 34.6 Å². The molecule has 204 valence electrons. The number of nitrogens with zero attached hydrogens (tertiary/aromatic N) is 5. The van der Waals surface area contributed by atoms with Gasteiger partial charge >= 0.3 is 5.69 Å². The molecular formula is C24H26FN9O4S. The lowest BCUT2D eigenvalue weighted by Gasteiger charge is -2.29. The number of benzene rings is 1. The highest BCUT2D eigenvalue weighted by Gasteiger charge is 2.28. The normalized spacial score (nSPS) is 21.1. The highest BCUT2D eigenvalue weighted by molar-refractivity contribution is 7.89. The van der Waals surface area contributed by atoms with Crippen LogP contribution in [0.2, 0.25) is 0 Å². The molecule has 0 aliphatic heterocycles. The molecule has 2 fully saturated rings. The second-order valence-electron chi connectivity index (χ2n) is 9.77. The standard InChI is InChI=1S/C24H26FN9O4S/c25-17-3-1-2-4-19(17)39(37,38)33-16-9-7-14(8-10-16)27-22-30-20-13(11-18-21(35)31-24(36)29-18)12-26-34(20)23(32-22)28-15-5-6-15/h1-4,11-12,14-16,33,35H,5-10H2,(H,27,28,32)(H2,29,31,36). The number of imidazole rings is 1. The zero-order chi connectivity index (χ0) is 27.1. The Morgan fingerprint density at radius 2 is 1.82 bits per heavy atom. The first kappa shape index (κ1) is 25.2. The van der Waals surface area contributed by atoms with Gasteiger partial charge in [-0.15, -0.1) is 0 Å². The van der Waals surface area contributed by atoms with Crippen molar-refractivity contribution in [1.29, 1.82) is 0 Å². The Morgan fingerprint density at radius 3 is 2.51 bits per heavy atom. The number of aromatic hydroxyl groups is 1. The first-order chi connectivity index (χ1) is 18.7. The topological polar surface area (TPSA) is 183 Å². The van der Waals surface area contributed by atoms with Crippen molar-refractivity contribution in [3.05, 3.63) is 63.3 Å². The second-order valence-corrected chi connectivity index (χ2v) is 11.5. The van der Waals surface area contributed by atoms with E-state index in [4.69, 9.17) is 0 Å². The molecule has 2 aliphatic carbocycles. The summed E-state index contributed by atoms with van der Waals surface area (Å²) in [5.41, 5.74) is 0.491. The number of hydrogen-bond acceptors (Lipinski definition) is 9. The van der Waals surface area contributed by atoms with Crippen molar-refractivity contribution >= 4 is 27.7 Å². The van der Waals surface area contributed by atoms with E-state index in [0.29, 0.717) is 48.1 Å². The average molecular weight is 556 g/mol. The van der Waals surface area contributed by atoms with Gasteiger partial charge in [0.05, 0.1) is 12.2 Å². The molecular weight excluding hydrogens is 529 g/mol. The molecule has 13 nitrogen and oxygen atoms in total. The number of halogens is 1. The van der Waals surface area contributed by atoms with Gasteiger partial charge in [-0.05, 0) is 56.7 Å². The predicted molar refractivity (Wildman–Crippen MR) is 138 cm³/mol. The third-order valence-electron chi connectivity index (χ3n) is 6.77. The lowest BCUT2D eigenvalue weighted by Crippen LogP contribution is -2.40. The lowest BCUT2D eigenvalue weighted by molar-refractivity contribution is 0.385. The minimum Gasteiger partial charge on any atom is -0.493 e. The number of nitrogens with one attached hydrogen (secondary N) is 4. The maximum atomic E-state index is 14.0. The molecule has 1 aromatic carbocycles. The van der Waals surface area contributed by atoms with E-state index >= 15 is 0 Å². The van der Waals surface area contributed by atoms with Crippen molar-refractivity contribution in [2.75, 3.05) is 5.32 Å². The molecule has 2 saturated carbocycles. The largest absolute Gasteiger partial charge is 0.493 e. The Kier molecular flexibility index (Phi) is 6.38. The van der Waals surface area contributed by atoms with E-state index in [1.54, 1.807) is 12.3 Å². The van der Waals surface area contributed by atoms with E-state index in [1.807, 2.05) is 0 Å². The highest BCUT2D eigenvalue weighted by atomic mass is 32.2. The van der Waals surface area contributed by atoms with Crippen LogP contribution in [-0.4, -0.2) is 61.2 Å². The fourth-order valence-corrected chi connectivity index (χ4v) is 6.01. The van der Waals surface area contributed by atoms with Gasteiger partial charge in [-0.3, -0.25) is 4.98 Å². The molecule has 0 radical (unpaired) electrons. The smallest absolute Gasteiger partial charge is 0.326 e. The molecule has 0 saturated heterocycles. The Morgan fingerprint density at radius 1 is 1.08 bits per heavy atom. The third kappa shape index (κ3) is 5.40. The third-order valence-corrected chi connectivity index (χ3v) is 8.32. The summed E-state index contributed by atoms with van der Waals surface area (Å²) in [7, 11) is -3.97. The van der Waals surface area contributed by atoms with Gasteiger partial charge in [0.1, 0.15) is 16.4 Å². The molecule has 3 aromatic heterocycles. The molecule has 2 aliphatic rings. The van der Waals surface area contributed by atoms with Gasteiger partial charge in [-0.25, -0.2) is 27.3 Å². The van der Waals surface area contributed by atoms with Crippen molar-refractivity contribution in [3.63, 3.8) is 0 Å². The fourth-order valence-electron chi connectivity index (χ4n) is 4.63. The molecule has 5 N–H and O–H groups in total. The summed E-state index contributed by atoms with van der Waals surface area (Å²) in [6.45, 7) is 0. The van der Waals surface area contributed by atoms with Crippen LogP contribution in [0.5, 0.6) is 5.88 Å². The number of H-pyrrole nitrogens is 2. The molecule has 39 heavy (non-hydrogen) atoms. The maximum absolute atomic E-state index is 14.0. The summed E-state index contributed by atoms with van der Waals surface area (Å²) in [6, 6.07) is 5.16. The van der Waals surface area contributed by atoms with Crippen LogP contribution in [0.25, 0.3) is 11.7 Å². The molecule has 0 bridgehead atoms. The number of rotatable bonds is 7. The molecule has 0 atom stereocenters. The van der Waals surface area contributed by atoms with E-state index in [2.05, 4.69) is 40.1 Å². The molecule has 0 amide bonds. The number of anilines is 1. The number of aromatic nitrogens is 6. The van der Waals surface area contributed by atoms with Crippen LogP contribution >= 0.6 is 0 Å². The molecule has 15 heteroatoms. The van der Waals surface area contributed by atoms with Crippen molar-refractivity contribution in [2.24, 2.45) is 4.99 Å². The number of sulfonamides is 1.